The first-order valence-electron chi connectivity index (χ1n) is 8.50. The van der Waals surface area contributed by atoms with E-state index in [1.165, 1.54) is 11.8 Å². The highest BCUT2D eigenvalue weighted by Gasteiger charge is 2.25. The third-order valence-corrected chi connectivity index (χ3v) is 5.00. The van der Waals surface area contributed by atoms with Gasteiger partial charge in [0.15, 0.2) is 11.5 Å². The first-order valence-corrected chi connectivity index (χ1v) is 9.72. The summed E-state index contributed by atoms with van der Waals surface area (Å²) in [6, 6.07) is 16.1. The van der Waals surface area contributed by atoms with Crippen molar-refractivity contribution >= 4 is 23.4 Å². The van der Waals surface area contributed by atoms with E-state index in [2.05, 4.69) is 33.6 Å². The average Bonchev–Trinajstić information content (AvgIpc) is 3.16. The minimum atomic E-state index is -0.0426. The summed E-state index contributed by atoms with van der Waals surface area (Å²) in [7, 11) is 3.27. The van der Waals surface area contributed by atoms with Crippen molar-refractivity contribution in [2.45, 2.75) is 11.2 Å². The maximum Gasteiger partial charge on any atom is 0.227 e. The molecule has 1 aliphatic heterocycles. The molecule has 1 aliphatic rings. The molecule has 0 fully saturated rings. The van der Waals surface area contributed by atoms with Crippen LogP contribution in [0, 0.1) is 0 Å². The first kappa shape index (κ1) is 17.5. The molecule has 0 saturated heterocycles. The smallest absolute Gasteiger partial charge is 0.227 e. The van der Waals surface area contributed by atoms with Crippen molar-refractivity contribution < 1.29 is 9.47 Å². The molecule has 0 aliphatic carbocycles. The third kappa shape index (κ3) is 3.26. The molecule has 1 aromatic heterocycles. The van der Waals surface area contributed by atoms with Gasteiger partial charge in [-0.3, -0.25) is 0 Å². The van der Waals surface area contributed by atoms with Gasteiger partial charge in [-0.25, -0.2) is 4.68 Å². The van der Waals surface area contributed by atoms with Crippen LogP contribution < -0.4 is 14.8 Å². The Morgan fingerprint density at radius 2 is 1.81 bits per heavy atom. The number of ether oxygens (including phenoxy) is 2. The lowest BCUT2D eigenvalue weighted by molar-refractivity contribution is 0.355. The van der Waals surface area contributed by atoms with E-state index in [0.29, 0.717) is 11.5 Å². The lowest BCUT2D eigenvalue weighted by Crippen LogP contribution is -2.20. The number of thioether (sulfide) groups is 1. The maximum atomic E-state index is 5.45. The van der Waals surface area contributed by atoms with Crippen molar-refractivity contribution in [3.63, 3.8) is 0 Å². The second-order valence-electron chi connectivity index (χ2n) is 6.00. The number of aromatic nitrogens is 3. The molecule has 6 nitrogen and oxygen atoms in total. The molecule has 0 bridgehead atoms. The fourth-order valence-electron chi connectivity index (χ4n) is 3.12. The van der Waals surface area contributed by atoms with E-state index in [4.69, 9.17) is 9.47 Å². The Hall–Kier alpha value is -2.93. The summed E-state index contributed by atoms with van der Waals surface area (Å²) in [4.78, 5) is 4.60. The molecule has 0 saturated carbocycles. The molecule has 2 aromatic carbocycles. The van der Waals surface area contributed by atoms with Crippen molar-refractivity contribution in [2.24, 2.45) is 0 Å². The van der Waals surface area contributed by atoms with E-state index in [-0.39, 0.29) is 6.04 Å². The number of nitrogens with zero attached hydrogens (tertiary/aromatic N) is 3. The Balaban J connectivity index is 1.81. The molecular weight excluding hydrogens is 360 g/mol. The Morgan fingerprint density at radius 1 is 1.04 bits per heavy atom. The molecular formula is C20H20N4O2S. The maximum absolute atomic E-state index is 5.45. The molecule has 1 N–H and O–H groups in total. The van der Waals surface area contributed by atoms with E-state index < -0.39 is 0 Å². The summed E-state index contributed by atoms with van der Waals surface area (Å²) in [6.07, 6.45) is 4.13. The van der Waals surface area contributed by atoms with Crippen LogP contribution in [0.5, 0.6) is 11.5 Å². The van der Waals surface area contributed by atoms with Gasteiger partial charge in [0.1, 0.15) is 6.04 Å². The van der Waals surface area contributed by atoms with Gasteiger partial charge in [-0.2, -0.15) is 4.98 Å². The molecule has 138 valence electrons. The Bertz CT molecular complexity index is 985. The van der Waals surface area contributed by atoms with Gasteiger partial charge in [0.2, 0.25) is 11.1 Å². The standard InChI is InChI=1S/C20H20N4O2S/c1-25-17-10-9-14(11-18(17)26-2)15-12-16(13-7-5-4-6-8-13)24-19(21-15)22-20(23-24)27-3/h4-12,16H,1-3H3,(H,21,22,23)/t16-/m1/s1. The molecule has 0 unspecified atom stereocenters. The number of rotatable bonds is 5. The van der Waals surface area contributed by atoms with Crippen molar-refractivity contribution in [3.05, 3.63) is 65.7 Å². The minimum Gasteiger partial charge on any atom is -0.493 e. The predicted octanol–water partition coefficient (Wildman–Crippen LogP) is 4.07. The van der Waals surface area contributed by atoms with Gasteiger partial charge < -0.3 is 14.8 Å². The van der Waals surface area contributed by atoms with Crippen LogP contribution in [0.2, 0.25) is 0 Å². The van der Waals surface area contributed by atoms with E-state index in [1.54, 1.807) is 14.2 Å². The molecule has 7 heteroatoms. The Labute approximate surface area is 162 Å². The molecule has 0 radical (unpaired) electrons. The van der Waals surface area contributed by atoms with Crippen LogP contribution in [0.4, 0.5) is 5.95 Å². The zero-order chi connectivity index (χ0) is 18.8. The van der Waals surface area contributed by atoms with Crippen molar-refractivity contribution in [1.29, 1.82) is 0 Å². The zero-order valence-electron chi connectivity index (χ0n) is 15.3. The van der Waals surface area contributed by atoms with Crippen molar-refractivity contribution in [3.8, 4) is 11.5 Å². The largest absolute Gasteiger partial charge is 0.493 e. The zero-order valence-corrected chi connectivity index (χ0v) is 16.2. The van der Waals surface area contributed by atoms with Gasteiger partial charge in [-0.15, -0.1) is 5.10 Å². The lowest BCUT2D eigenvalue weighted by atomic mass is 10.0. The summed E-state index contributed by atoms with van der Waals surface area (Å²) < 4.78 is 12.7. The van der Waals surface area contributed by atoms with E-state index in [9.17, 15) is 0 Å². The highest BCUT2D eigenvalue weighted by atomic mass is 32.2. The van der Waals surface area contributed by atoms with Gasteiger partial charge in [0.25, 0.3) is 0 Å². The minimum absolute atomic E-state index is 0.0426. The SMILES string of the molecule is COc1ccc(C2=C[C@H](c3ccccc3)n3nc(SC)nc3N2)cc1OC. The summed E-state index contributed by atoms with van der Waals surface area (Å²) in [6.45, 7) is 0. The molecule has 1 atom stereocenters. The van der Waals surface area contributed by atoms with Gasteiger partial charge >= 0.3 is 0 Å². The highest BCUT2D eigenvalue weighted by molar-refractivity contribution is 7.98. The van der Waals surface area contributed by atoms with Gasteiger partial charge in [-0.05, 0) is 36.1 Å². The fraction of sp³-hybridized carbons (Fsp3) is 0.200. The Morgan fingerprint density at radius 3 is 2.52 bits per heavy atom. The lowest BCUT2D eigenvalue weighted by Gasteiger charge is -2.24. The van der Waals surface area contributed by atoms with E-state index >= 15 is 0 Å². The van der Waals surface area contributed by atoms with Crippen LogP contribution >= 0.6 is 11.8 Å². The first-order chi connectivity index (χ1) is 13.2. The molecule has 0 spiro atoms. The van der Waals surface area contributed by atoms with Crippen LogP contribution in [0.15, 0.2) is 59.8 Å². The fourth-order valence-corrected chi connectivity index (χ4v) is 3.47. The molecule has 0 amide bonds. The number of methoxy groups -OCH3 is 2. The summed E-state index contributed by atoms with van der Waals surface area (Å²) in [5, 5.41) is 8.77. The van der Waals surface area contributed by atoms with Gasteiger partial charge in [0.05, 0.1) is 14.2 Å². The van der Waals surface area contributed by atoms with Crippen LogP contribution in [0.3, 0.4) is 0 Å². The van der Waals surface area contributed by atoms with E-state index in [0.717, 1.165) is 27.9 Å². The van der Waals surface area contributed by atoms with Gasteiger partial charge in [0, 0.05) is 11.3 Å². The van der Waals surface area contributed by atoms with Crippen LogP contribution in [0.25, 0.3) is 5.70 Å². The van der Waals surface area contributed by atoms with Crippen molar-refractivity contribution in [2.75, 3.05) is 25.8 Å². The number of nitrogens with one attached hydrogen (secondary N) is 1. The van der Waals surface area contributed by atoms with Crippen molar-refractivity contribution in [1.82, 2.24) is 14.8 Å². The quantitative estimate of drug-likeness (QED) is 0.673. The number of anilines is 1. The Kier molecular flexibility index (Phi) is 4.77. The normalized spacial score (nSPS) is 15.5. The summed E-state index contributed by atoms with van der Waals surface area (Å²) in [5.74, 6) is 2.11. The second-order valence-corrected chi connectivity index (χ2v) is 6.77. The molecule has 4 rings (SSSR count). The third-order valence-electron chi connectivity index (χ3n) is 4.46. The number of benzene rings is 2. The molecule has 27 heavy (non-hydrogen) atoms. The number of allylic oxidation sites excluding steroid dienone is 1. The summed E-state index contributed by atoms with van der Waals surface area (Å²) >= 11 is 1.52. The van der Waals surface area contributed by atoms with Gasteiger partial charge in [-0.1, -0.05) is 42.1 Å². The topological polar surface area (TPSA) is 61.2 Å². The molecule has 3 aromatic rings. The van der Waals surface area contributed by atoms with Crippen LogP contribution in [0.1, 0.15) is 17.2 Å². The van der Waals surface area contributed by atoms with Crippen LogP contribution in [-0.4, -0.2) is 35.2 Å². The molecule has 2 heterocycles. The highest BCUT2D eigenvalue weighted by Crippen LogP contribution is 2.36. The summed E-state index contributed by atoms with van der Waals surface area (Å²) in [5.41, 5.74) is 3.10. The number of hydrogen-bond donors (Lipinski definition) is 1. The van der Waals surface area contributed by atoms with E-state index in [1.807, 2.05) is 47.3 Å². The number of hydrogen-bond acceptors (Lipinski definition) is 6. The predicted molar refractivity (Wildman–Crippen MR) is 108 cm³/mol. The second kappa shape index (κ2) is 7.36. The average molecular weight is 380 g/mol. The van der Waals surface area contributed by atoms with Crippen LogP contribution in [-0.2, 0) is 0 Å². The number of fused-ring (bicyclic) bond motifs is 1. The monoisotopic (exact) mass is 380 g/mol.